The molecule has 2 atom stereocenters. The van der Waals surface area contributed by atoms with Crippen molar-refractivity contribution in [2.75, 3.05) is 6.61 Å². The van der Waals surface area contributed by atoms with Crippen molar-refractivity contribution in [3.05, 3.63) is 22.3 Å². The molecular weight excluding hydrogens is 360 g/mol. The Kier molecular flexibility index (Phi) is 5.92. The molecule has 2 aliphatic heterocycles. The number of benzene rings is 1. The van der Waals surface area contributed by atoms with Gasteiger partial charge >= 0.3 is 5.97 Å². The molecule has 6 nitrogen and oxygen atoms in total. The van der Waals surface area contributed by atoms with Crippen LogP contribution in [0.5, 0.6) is 11.5 Å². The van der Waals surface area contributed by atoms with Gasteiger partial charge in [-0.2, -0.15) is 0 Å². The van der Waals surface area contributed by atoms with E-state index in [1.807, 2.05) is 6.92 Å². The molecule has 0 spiro atoms. The van der Waals surface area contributed by atoms with Gasteiger partial charge in [0, 0.05) is 17.5 Å². The maximum atomic E-state index is 11.0. The van der Waals surface area contributed by atoms with Crippen LogP contribution < -0.4 is 9.47 Å². The summed E-state index contributed by atoms with van der Waals surface area (Å²) in [5, 5.41) is 17.6. The number of ether oxygens (including phenoxy) is 2. The first-order valence-corrected chi connectivity index (χ1v) is 10.2. The SMILES string of the molecule is Cc1c(C)c2c(c3c1OC(C)(CCCOO)CC3)CCC(C)(CCC(=O)O)O2. The summed E-state index contributed by atoms with van der Waals surface area (Å²) in [6.45, 7) is 8.59. The minimum Gasteiger partial charge on any atom is -0.487 e. The molecule has 2 aliphatic rings. The van der Waals surface area contributed by atoms with Crippen LogP contribution in [0.1, 0.15) is 74.6 Å². The molecule has 0 radical (unpaired) electrons. The maximum absolute atomic E-state index is 11.0. The van der Waals surface area contributed by atoms with Crippen molar-refractivity contribution in [1.29, 1.82) is 0 Å². The number of rotatable bonds is 7. The van der Waals surface area contributed by atoms with Gasteiger partial charge in [0.15, 0.2) is 0 Å². The quantitative estimate of drug-likeness (QED) is 0.401. The molecule has 28 heavy (non-hydrogen) atoms. The van der Waals surface area contributed by atoms with Crippen LogP contribution in [0, 0.1) is 13.8 Å². The molecule has 2 N–H and O–H groups in total. The summed E-state index contributed by atoms with van der Waals surface area (Å²) in [7, 11) is 0. The molecule has 0 aromatic heterocycles. The Hall–Kier alpha value is -1.79. The summed E-state index contributed by atoms with van der Waals surface area (Å²) in [6, 6.07) is 0. The van der Waals surface area contributed by atoms with Gasteiger partial charge in [-0.05, 0) is 83.8 Å². The Bertz CT molecular complexity index is 758. The van der Waals surface area contributed by atoms with E-state index in [-0.39, 0.29) is 12.0 Å². The lowest BCUT2D eigenvalue weighted by molar-refractivity contribution is -0.243. The van der Waals surface area contributed by atoms with Gasteiger partial charge in [-0.1, -0.05) is 0 Å². The smallest absolute Gasteiger partial charge is 0.303 e. The van der Waals surface area contributed by atoms with Gasteiger partial charge in [0.1, 0.15) is 22.7 Å². The Labute approximate surface area is 166 Å². The van der Waals surface area contributed by atoms with E-state index in [2.05, 4.69) is 25.7 Å². The van der Waals surface area contributed by atoms with Gasteiger partial charge in [-0.3, -0.25) is 10.1 Å². The molecule has 0 aliphatic carbocycles. The minimum atomic E-state index is -0.784. The van der Waals surface area contributed by atoms with Crippen LogP contribution in [0.4, 0.5) is 0 Å². The number of aliphatic carboxylic acids is 1. The van der Waals surface area contributed by atoms with Crippen molar-refractivity contribution in [3.63, 3.8) is 0 Å². The van der Waals surface area contributed by atoms with Crippen LogP contribution in [0.25, 0.3) is 0 Å². The fourth-order valence-electron chi connectivity index (χ4n) is 4.48. The molecule has 0 saturated heterocycles. The topological polar surface area (TPSA) is 85.2 Å². The Morgan fingerprint density at radius 1 is 1.00 bits per heavy atom. The molecule has 0 amide bonds. The summed E-state index contributed by atoms with van der Waals surface area (Å²) in [6.07, 6.45) is 5.75. The predicted octanol–water partition coefficient (Wildman–Crippen LogP) is 4.61. The van der Waals surface area contributed by atoms with E-state index in [1.165, 1.54) is 11.1 Å². The molecule has 0 bridgehead atoms. The lowest BCUT2D eigenvalue weighted by Gasteiger charge is -2.42. The molecule has 0 fully saturated rings. The molecule has 156 valence electrons. The largest absolute Gasteiger partial charge is 0.487 e. The monoisotopic (exact) mass is 392 g/mol. The Morgan fingerprint density at radius 2 is 1.50 bits per heavy atom. The standard InChI is InChI=1S/C22H32O6/c1-14-15(2)20-17(7-11-22(4,28-20)12-8-18(23)24)16-6-10-21(3,27-19(14)16)9-5-13-26-25/h25H,5-13H2,1-4H3,(H,23,24). The van der Waals surface area contributed by atoms with Gasteiger partial charge < -0.3 is 14.6 Å². The number of fused-ring (bicyclic) bond motifs is 3. The lowest BCUT2D eigenvalue weighted by atomic mass is 9.80. The number of carboxylic acids is 1. The maximum Gasteiger partial charge on any atom is 0.303 e. The van der Waals surface area contributed by atoms with Crippen molar-refractivity contribution < 1.29 is 29.5 Å². The Morgan fingerprint density at radius 3 is 1.96 bits per heavy atom. The fourth-order valence-corrected chi connectivity index (χ4v) is 4.48. The van der Waals surface area contributed by atoms with E-state index >= 15 is 0 Å². The molecule has 1 aromatic carbocycles. The van der Waals surface area contributed by atoms with Gasteiger partial charge in [-0.25, -0.2) is 4.89 Å². The number of hydrogen-bond acceptors (Lipinski definition) is 5. The highest BCUT2D eigenvalue weighted by atomic mass is 17.1. The van der Waals surface area contributed by atoms with Crippen LogP contribution >= 0.6 is 0 Å². The Balaban J connectivity index is 1.88. The first kappa shape index (κ1) is 20.9. The van der Waals surface area contributed by atoms with Crippen LogP contribution in [-0.2, 0) is 22.5 Å². The van der Waals surface area contributed by atoms with Crippen LogP contribution in [0.15, 0.2) is 0 Å². The van der Waals surface area contributed by atoms with E-state index in [9.17, 15) is 4.79 Å². The summed E-state index contributed by atoms with van der Waals surface area (Å²) >= 11 is 0. The second-order valence-corrected chi connectivity index (χ2v) is 8.80. The van der Waals surface area contributed by atoms with Crippen molar-refractivity contribution in [1.82, 2.24) is 0 Å². The van der Waals surface area contributed by atoms with Gasteiger partial charge in [0.05, 0.1) is 6.61 Å². The van der Waals surface area contributed by atoms with E-state index in [1.54, 1.807) is 0 Å². The summed E-state index contributed by atoms with van der Waals surface area (Å²) in [4.78, 5) is 15.2. The molecule has 6 heteroatoms. The van der Waals surface area contributed by atoms with Crippen molar-refractivity contribution in [3.8, 4) is 11.5 Å². The highest BCUT2D eigenvalue weighted by molar-refractivity contribution is 5.67. The van der Waals surface area contributed by atoms with Gasteiger partial charge in [-0.15, -0.1) is 0 Å². The molecule has 3 rings (SSSR count). The van der Waals surface area contributed by atoms with E-state index in [4.69, 9.17) is 19.8 Å². The third-order valence-electron chi connectivity index (χ3n) is 6.47. The molecule has 0 saturated carbocycles. The third-order valence-corrected chi connectivity index (χ3v) is 6.47. The van der Waals surface area contributed by atoms with E-state index < -0.39 is 11.6 Å². The number of hydrogen-bond donors (Lipinski definition) is 2. The van der Waals surface area contributed by atoms with Crippen molar-refractivity contribution in [2.24, 2.45) is 0 Å². The van der Waals surface area contributed by atoms with Crippen LogP contribution in [0.3, 0.4) is 0 Å². The second-order valence-electron chi connectivity index (χ2n) is 8.80. The summed E-state index contributed by atoms with van der Waals surface area (Å²) < 4.78 is 12.9. The average Bonchev–Trinajstić information content (AvgIpc) is 2.65. The second kappa shape index (κ2) is 7.91. The fraction of sp³-hybridized carbons (Fsp3) is 0.682. The summed E-state index contributed by atoms with van der Waals surface area (Å²) in [5.41, 5.74) is 3.95. The van der Waals surface area contributed by atoms with Gasteiger partial charge in [0.25, 0.3) is 0 Å². The highest BCUT2D eigenvalue weighted by Crippen LogP contribution is 2.49. The van der Waals surface area contributed by atoms with Crippen LogP contribution in [0.2, 0.25) is 0 Å². The zero-order valence-electron chi connectivity index (χ0n) is 17.4. The zero-order chi connectivity index (χ0) is 20.5. The third kappa shape index (κ3) is 4.13. The minimum absolute atomic E-state index is 0.119. The molecule has 1 aromatic rings. The number of carboxylic acid groups (broad SMARTS) is 1. The molecule has 2 unspecified atom stereocenters. The van der Waals surface area contributed by atoms with Crippen molar-refractivity contribution in [2.45, 2.75) is 90.3 Å². The number of carbonyl (C=O) groups is 1. The first-order valence-electron chi connectivity index (χ1n) is 10.2. The zero-order valence-corrected chi connectivity index (χ0v) is 17.4. The van der Waals surface area contributed by atoms with Crippen LogP contribution in [-0.4, -0.2) is 34.1 Å². The molecular formula is C22H32O6. The predicted molar refractivity (Wildman–Crippen MR) is 105 cm³/mol. The van der Waals surface area contributed by atoms with E-state index in [0.29, 0.717) is 13.0 Å². The summed E-state index contributed by atoms with van der Waals surface area (Å²) in [5.74, 6) is 1.12. The average molecular weight is 392 g/mol. The first-order chi connectivity index (χ1) is 13.2. The normalized spacial score (nSPS) is 26.0. The molecule has 2 heterocycles. The highest BCUT2D eigenvalue weighted by Gasteiger charge is 2.39. The van der Waals surface area contributed by atoms with E-state index in [0.717, 1.165) is 61.2 Å². The van der Waals surface area contributed by atoms with Crippen molar-refractivity contribution >= 4 is 5.97 Å². The van der Waals surface area contributed by atoms with Gasteiger partial charge in [0.2, 0.25) is 0 Å². The lowest BCUT2D eigenvalue weighted by Crippen LogP contribution is -2.40.